The van der Waals surface area contributed by atoms with Crippen LogP contribution in [0.25, 0.3) is 0 Å². The Morgan fingerprint density at radius 3 is 1.30 bits per heavy atom. The largest absolute Gasteiger partial charge is 0.743 e. The Bertz CT molecular complexity index is 627. The molecule has 0 heterocycles. The summed E-state index contributed by atoms with van der Waals surface area (Å²) < 4.78 is 206. The predicted octanol–water partition coefficient (Wildman–Crippen LogP) is 4.33. The summed E-state index contributed by atoms with van der Waals surface area (Å²) in [6.07, 6.45) is -14.9. The lowest BCUT2D eigenvalue weighted by molar-refractivity contribution is -0.398. The lowest BCUT2D eigenvalue weighted by Crippen LogP contribution is -2.70. The minimum absolute atomic E-state index is 0. The van der Waals surface area contributed by atoms with Gasteiger partial charge in [0.2, 0.25) is 0 Å². The van der Waals surface area contributed by atoms with Crippen molar-refractivity contribution in [3.8, 4) is 0 Å². The van der Waals surface area contributed by atoms with Crippen LogP contribution in [0.2, 0.25) is 0 Å². The van der Waals surface area contributed by atoms with Crippen LogP contribution in [0.3, 0.4) is 0 Å². The molecule has 0 aliphatic carbocycles. The van der Waals surface area contributed by atoms with E-state index in [0.29, 0.717) is 0 Å². The standard InChI is InChI=1S/C8H4F14O3S.H3N/c9-2(1-3(10,11)12)4(13,14)5(15,16)6(17,18)7(19,20)8(21,22)26(23,24)25;/h2H,1H2,(H,23,24,25);1H3. The summed E-state index contributed by atoms with van der Waals surface area (Å²) in [6.45, 7) is 0. The topological polar surface area (TPSA) is 93.7 Å². The second-order valence-electron chi connectivity index (χ2n) is 4.60. The van der Waals surface area contributed by atoms with Gasteiger partial charge in [0.1, 0.15) is 0 Å². The van der Waals surface area contributed by atoms with Crippen molar-refractivity contribution in [3.05, 3.63) is 0 Å². The van der Waals surface area contributed by atoms with Gasteiger partial charge in [-0.05, 0) is 0 Å². The zero-order valence-corrected chi connectivity index (χ0v) is 13.0. The maximum atomic E-state index is 13.0. The SMILES string of the molecule is O=S(=O)([O-])C(F)(F)C(F)(F)C(F)(F)C(F)(F)C(F)(F)C(F)CC(F)(F)F.[NH4+]. The lowest BCUT2D eigenvalue weighted by atomic mass is 9.94. The van der Waals surface area contributed by atoms with Gasteiger partial charge in [0.05, 0.1) is 6.42 Å². The number of rotatable bonds is 7. The maximum Gasteiger partial charge on any atom is 0.402 e. The average molecular weight is 463 g/mol. The average Bonchev–Trinajstić information content (AvgIpc) is 2.34. The van der Waals surface area contributed by atoms with Gasteiger partial charge in [-0.3, -0.25) is 0 Å². The van der Waals surface area contributed by atoms with Gasteiger partial charge < -0.3 is 10.7 Å². The quantitative estimate of drug-likeness (QED) is 0.450. The number of halogens is 14. The van der Waals surface area contributed by atoms with Crippen molar-refractivity contribution in [2.45, 2.75) is 47.7 Å². The maximum absolute atomic E-state index is 13.0. The van der Waals surface area contributed by atoms with Crippen LogP contribution in [0, 0.1) is 0 Å². The molecule has 0 spiro atoms. The Kier molecular flexibility index (Phi) is 7.34. The van der Waals surface area contributed by atoms with Gasteiger partial charge in [-0.2, -0.15) is 57.1 Å². The summed E-state index contributed by atoms with van der Waals surface area (Å²) in [5.74, 6) is -31.6. The summed E-state index contributed by atoms with van der Waals surface area (Å²) in [5.41, 5.74) is 0. The van der Waals surface area contributed by atoms with E-state index < -0.39 is 57.8 Å². The van der Waals surface area contributed by atoms with Gasteiger partial charge in [-0.25, -0.2) is 12.8 Å². The predicted molar refractivity (Wildman–Crippen MR) is 56.0 cm³/mol. The first kappa shape index (κ1) is 28.1. The minimum atomic E-state index is -8.18. The molecule has 0 aromatic rings. The van der Waals surface area contributed by atoms with Gasteiger partial charge >= 0.3 is 35.1 Å². The highest BCUT2D eigenvalue weighted by Gasteiger charge is 2.88. The summed E-state index contributed by atoms with van der Waals surface area (Å²) in [4.78, 5) is 0. The molecule has 0 aliphatic heterocycles. The molecule has 166 valence electrons. The molecule has 0 saturated carbocycles. The van der Waals surface area contributed by atoms with E-state index in [4.69, 9.17) is 0 Å². The second-order valence-corrected chi connectivity index (χ2v) is 6.02. The van der Waals surface area contributed by atoms with Crippen molar-refractivity contribution in [2.24, 2.45) is 0 Å². The minimum Gasteiger partial charge on any atom is -0.743 e. The summed E-state index contributed by atoms with van der Waals surface area (Å²) in [7, 11) is -7.86. The fraction of sp³-hybridized carbons (Fsp3) is 1.00. The first-order valence-corrected chi connectivity index (χ1v) is 6.84. The normalized spacial score (nSPS) is 16.7. The molecular formula is C8H7F14NO3S. The second kappa shape index (κ2) is 7.05. The number of alkyl halides is 14. The van der Waals surface area contributed by atoms with Gasteiger partial charge in [0, 0.05) is 0 Å². The van der Waals surface area contributed by atoms with Gasteiger partial charge in [-0.1, -0.05) is 0 Å². The van der Waals surface area contributed by atoms with Crippen LogP contribution in [0.15, 0.2) is 0 Å². The third-order valence-electron chi connectivity index (χ3n) is 2.69. The van der Waals surface area contributed by atoms with Crippen molar-refractivity contribution in [1.29, 1.82) is 0 Å². The highest BCUT2D eigenvalue weighted by Crippen LogP contribution is 2.59. The van der Waals surface area contributed by atoms with E-state index in [1.165, 1.54) is 0 Å². The molecule has 0 rings (SSSR count). The third-order valence-corrected chi connectivity index (χ3v) is 3.58. The van der Waals surface area contributed by atoms with E-state index in [1.54, 1.807) is 0 Å². The third kappa shape index (κ3) is 4.33. The Hall–Kier alpha value is -1.11. The lowest BCUT2D eigenvalue weighted by Gasteiger charge is -2.40. The van der Waals surface area contributed by atoms with Crippen LogP contribution in [0.1, 0.15) is 6.42 Å². The molecule has 27 heavy (non-hydrogen) atoms. The fourth-order valence-corrected chi connectivity index (χ4v) is 1.72. The first-order chi connectivity index (χ1) is 10.9. The first-order valence-electron chi connectivity index (χ1n) is 5.43. The molecular weight excluding hydrogens is 456 g/mol. The van der Waals surface area contributed by atoms with E-state index in [0.717, 1.165) is 0 Å². The molecule has 0 aliphatic rings. The molecule has 1 atom stereocenters. The Labute approximate surface area is 139 Å². The molecule has 0 aromatic heterocycles. The van der Waals surface area contributed by atoms with Crippen molar-refractivity contribution in [3.63, 3.8) is 0 Å². The van der Waals surface area contributed by atoms with Crippen LogP contribution in [-0.4, -0.2) is 54.3 Å². The molecule has 0 fully saturated rings. The van der Waals surface area contributed by atoms with E-state index in [-0.39, 0.29) is 6.15 Å². The smallest absolute Gasteiger partial charge is 0.402 e. The van der Waals surface area contributed by atoms with Crippen molar-refractivity contribution in [1.82, 2.24) is 6.15 Å². The molecule has 0 saturated heterocycles. The van der Waals surface area contributed by atoms with Gasteiger partial charge in [0.15, 0.2) is 16.3 Å². The molecule has 1 unspecified atom stereocenters. The molecule has 0 amide bonds. The fourth-order valence-electron chi connectivity index (χ4n) is 1.27. The summed E-state index contributed by atoms with van der Waals surface area (Å²) in [5, 5.41) is -7.61. The molecule has 0 bridgehead atoms. The molecule has 19 heteroatoms. The number of hydrogen-bond donors (Lipinski definition) is 1. The Morgan fingerprint density at radius 1 is 0.704 bits per heavy atom. The van der Waals surface area contributed by atoms with Crippen LogP contribution in [0.5, 0.6) is 0 Å². The van der Waals surface area contributed by atoms with Crippen molar-refractivity contribution < 1.29 is 74.4 Å². The highest BCUT2D eigenvalue weighted by atomic mass is 32.2. The van der Waals surface area contributed by atoms with E-state index in [2.05, 4.69) is 0 Å². The van der Waals surface area contributed by atoms with E-state index in [1.807, 2.05) is 0 Å². The van der Waals surface area contributed by atoms with Crippen LogP contribution in [-0.2, 0) is 10.1 Å². The molecule has 4 nitrogen and oxygen atoms in total. The summed E-state index contributed by atoms with van der Waals surface area (Å²) in [6, 6.07) is 0. The van der Waals surface area contributed by atoms with Crippen LogP contribution < -0.4 is 6.15 Å². The zero-order valence-electron chi connectivity index (χ0n) is 12.2. The monoisotopic (exact) mass is 463 g/mol. The van der Waals surface area contributed by atoms with Crippen molar-refractivity contribution in [2.75, 3.05) is 0 Å². The zero-order chi connectivity index (χ0) is 21.8. The van der Waals surface area contributed by atoms with E-state index in [9.17, 15) is 74.4 Å². The molecule has 0 aromatic carbocycles. The van der Waals surface area contributed by atoms with Gasteiger partial charge in [0.25, 0.3) is 0 Å². The number of quaternary nitrogens is 1. The van der Waals surface area contributed by atoms with Crippen LogP contribution in [0.4, 0.5) is 61.5 Å². The van der Waals surface area contributed by atoms with Crippen LogP contribution >= 0.6 is 0 Å². The van der Waals surface area contributed by atoms with Gasteiger partial charge in [-0.15, -0.1) is 0 Å². The molecule has 4 N–H and O–H groups in total. The Morgan fingerprint density at radius 2 is 1.04 bits per heavy atom. The van der Waals surface area contributed by atoms with E-state index >= 15 is 0 Å². The number of hydrogen-bond acceptors (Lipinski definition) is 3. The Balaban J connectivity index is 0. The van der Waals surface area contributed by atoms with Crippen molar-refractivity contribution >= 4 is 10.1 Å². The highest BCUT2D eigenvalue weighted by molar-refractivity contribution is 7.86. The summed E-state index contributed by atoms with van der Waals surface area (Å²) >= 11 is 0. The molecule has 0 radical (unpaired) electrons.